The second-order valence-corrected chi connectivity index (χ2v) is 9.81. The Morgan fingerprint density at radius 3 is 1.58 bits per heavy atom. The summed E-state index contributed by atoms with van der Waals surface area (Å²) in [4.78, 5) is 0. The molecular weight excluding hydrogens is 419 g/mol. The van der Waals surface area contributed by atoms with Crippen molar-refractivity contribution in [2.45, 2.75) is 136 Å². The molecule has 0 N–H and O–H groups in total. The van der Waals surface area contributed by atoms with Crippen molar-refractivity contribution in [3.8, 4) is 0 Å². The molecule has 6 heteroatoms. The molecule has 1 atom stereocenters. The zero-order chi connectivity index (χ0) is 22.3. The van der Waals surface area contributed by atoms with Gasteiger partial charge in [-0.1, -0.05) is 129 Å². The second kappa shape index (κ2) is 25.2. The number of unbranched alkanes of at least 4 members (excludes halogenated alkanes) is 16. The van der Waals surface area contributed by atoms with Crippen LogP contribution >= 0.6 is 0 Å². The van der Waals surface area contributed by atoms with Crippen molar-refractivity contribution in [3.63, 3.8) is 0 Å². The van der Waals surface area contributed by atoms with E-state index in [1.807, 2.05) is 0 Å². The third kappa shape index (κ3) is 28.6. The van der Waals surface area contributed by atoms with Crippen molar-refractivity contribution < 1.29 is 46.7 Å². The first-order valence-electron chi connectivity index (χ1n) is 12.8. The van der Waals surface area contributed by atoms with Gasteiger partial charge in [0, 0.05) is 5.92 Å². The van der Waals surface area contributed by atoms with Gasteiger partial charge < -0.3 is 4.55 Å². The Kier molecular flexibility index (Phi) is 27.5. The van der Waals surface area contributed by atoms with Gasteiger partial charge in [0.25, 0.3) is 0 Å². The molecule has 0 amide bonds. The van der Waals surface area contributed by atoms with Crippen LogP contribution < -0.4 is 29.6 Å². The minimum Gasteiger partial charge on any atom is -0.726 e. The largest absolute Gasteiger partial charge is 1.00 e. The predicted octanol–water partition coefficient (Wildman–Crippen LogP) is 5.09. The fourth-order valence-electron chi connectivity index (χ4n) is 3.81. The van der Waals surface area contributed by atoms with Gasteiger partial charge in [0.05, 0.1) is 6.61 Å². The monoisotopic (exact) mass is 468 g/mol. The normalized spacial score (nSPS) is 12.9. The molecule has 31 heavy (non-hydrogen) atoms. The number of rotatable bonds is 23. The molecule has 0 bridgehead atoms. The summed E-state index contributed by atoms with van der Waals surface area (Å²) < 4.78 is 36.9. The summed E-state index contributed by atoms with van der Waals surface area (Å²) in [5, 5.41) is 0. The third-order valence-electron chi connectivity index (χ3n) is 5.74. The van der Waals surface area contributed by atoms with Gasteiger partial charge in [-0.25, -0.2) is 8.42 Å². The Labute approximate surface area is 216 Å². The quantitative estimate of drug-likeness (QED) is 0.0689. The van der Waals surface area contributed by atoms with Gasteiger partial charge in [-0.2, -0.15) is 0 Å². The molecule has 4 nitrogen and oxygen atoms in total. The van der Waals surface area contributed by atoms with Crippen molar-refractivity contribution in [1.29, 1.82) is 0 Å². The molecule has 0 aromatic rings. The van der Waals surface area contributed by atoms with E-state index in [2.05, 4.69) is 30.2 Å². The van der Waals surface area contributed by atoms with Crippen LogP contribution in [-0.2, 0) is 14.6 Å². The summed E-state index contributed by atoms with van der Waals surface area (Å²) in [6.45, 7) is 4.46. The molecule has 0 saturated carbocycles. The molecule has 0 aromatic carbocycles. The van der Waals surface area contributed by atoms with E-state index in [0.29, 0.717) is 0 Å². The summed E-state index contributed by atoms with van der Waals surface area (Å²) in [5.74, 6) is 0.0208. The average molecular weight is 469 g/mol. The van der Waals surface area contributed by atoms with Crippen LogP contribution in [0, 0.1) is 5.92 Å². The number of hydrogen-bond donors (Lipinski definition) is 0. The van der Waals surface area contributed by atoms with Gasteiger partial charge in [-0.05, 0) is 19.3 Å². The Morgan fingerprint density at radius 2 is 1.13 bits per heavy atom. The molecule has 0 aliphatic heterocycles. The maximum Gasteiger partial charge on any atom is 1.00 e. The maximum absolute atomic E-state index is 10.8. The average Bonchev–Trinajstić information content (AvgIpc) is 2.70. The first-order valence-corrected chi connectivity index (χ1v) is 14.1. The SMILES string of the molecule is CCCCCCCCCCCC/C=C/C(CCCCCCCCC)COS(=O)(=O)[O-].[Na+]. The first-order chi connectivity index (χ1) is 14.5. The Balaban J connectivity index is 0. The topological polar surface area (TPSA) is 66.4 Å². The van der Waals surface area contributed by atoms with Gasteiger partial charge in [0.15, 0.2) is 0 Å². The van der Waals surface area contributed by atoms with Crippen LogP contribution in [0.25, 0.3) is 0 Å². The molecule has 0 aliphatic rings. The predicted molar refractivity (Wildman–Crippen MR) is 127 cm³/mol. The van der Waals surface area contributed by atoms with Crippen molar-refractivity contribution in [3.05, 3.63) is 12.2 Å². The Hall–Kier alpha value is 0.610. The van der Waals surface area contributed by atoms with Crippen molar-refractivity contribution >= 4 is 10.4 Å². The van der Waals surface area contributed by atoms with Crippen LogP contribution in [-0.4, -0.2) is 19.6 Å². The number of hydrogen-bond acceptors (Lipinski definition) is 4. The summed E-state index contributed by atoms with van der Waals surface area (Å²) in [6.07, 6.45) is 28.0. The van der Waals surface area contributed by atoms with E-state index in [4.69, 9.17) is 0 Å². The van der Waals surface area contributed by atoms with Gasteiger partial charge in [-0.15, -0.1) is 0 Å². The van der Waals surface area contributed by atoms with Gasteiger partial charge in [0.1, 0.15) is 0 Å². The third-order valence-corrected chi connectivity index (χ3v) is 6.16. The Bertz CT molecular complexity index is 480. The molecule has 0 saturated heterocycles. The molecule has 0 aliphatic carbocycles. The van der Waals surface area contributed by atoms with E-state index >= 15 is 0 Å². The second-order valence-electron chi connectivity index (χ2n) is 8.76. The van der Waals surface area contributed by atoms with Gasteiger partial charge >= 0.3 is 29.6 Å². The van der Waals surface area contributed by atoms with E-state index in [0.717, 1.165) is 25.7 Å². The molecule has 1 unspecified atom stereocenters. The van der Waals surface area contributed by atoms with Crippen LogP contribution in [0.5, 0.6) is 0 Å². The van der Waals surface area contributed by atoms with Crippen molar-refractivity contribution in [2.75, 3.05) is 6.61 Å². The molecule has 0 spiro atoms. The minimum atomic E-state index is -4.60. The zero-order valence-electron chi connectivity index (χ0n) is 20.9. The smallest absolute Gasteiger partial charge is 0.726 e. The fraction of sp³-hybridized carbons (Fsp3) is 0.920. The van der Waals surface area contributed by atoms with Crippen molar-refractivity contribution in [1.82, 2.24) is 0 Å². The first kappa shape index (κ1) is 33.8. The van der Waals surface area contributed by atoms with E-state index in [1.54, 1.807) is 0 Å². The van der Waals surface area contributed by atoms with E-state index < -0.39 is 10.4 Å². The molecule has 0 heterocycles. The molecule has 180 valence electrons. The molecule has 0 rings (SSSR count). The summed E-state index contributed by atoms with van der Waals surface area (Å²) in [6, 6.07) is 0. The summed E-state index contributed by atoms with van der Waals surface area (Å²) >= 11 is 0. The van der Waals surface area contributed by atoms with Crippen LogP contribution in [0.2, 0.25) is 0 Å². The van der Waals surface area contributed by atoms with Crippen LogP contribution in [0.4, 0.5) is 0 Å². The fourth-order valence-corrected chi connectivity index (χ4v) is 4.15. The van der Waals surface area contributed by atoms with Crippen LogP contribution in [0.1, 0.15) is 136 Å². The summed E-state index contributed by atoms with van der Waals surface area (Å²) in [5.41, 5.74) is 0. The van der Waals surface area contributed by atoms with E-state index in [1.165, 1.54) is 96.3 Å². The zero-order valence-corrected chi connectivity index (χ0v) is 23.7. The molecular formula is C25H49NaO4S. The van der Waals surface area contributed by atoms with Gasteiger partial charge in [0.2, 0.25) is 10.4 Å². The Morgan fingerprint density at radius 1 is 0.710 bits per heavy atom. The van der Waals surface area contributed by atoms with Gasteiger partial charge in [-0.3, -0.25) is 4.18 Å². The van der Waals surface area contributed by atoms with E-state index in [-0.39, 0.29) is 42.1 Å². The molecule has 0 radical (unpaired) electrons. The maximum atomic E-state index is 10.8. The standard InChI is InChI=1S/C25H50O4S.Na/c1-3-5-7-9-11-12-13-14-15-17-19-21-23-25(24-29-30(26,27)28)22-20-18-16-10-8-6-4-2;/h21,23,25H,3-20,22,24H2,1-2H3,(H,26,27,28);/q;+1/p-1/b23-21+;. The van der Waals surface area contributed by atoms with Crippen LogP contribution in [0.3, 0.4) is 0 Å². The number of allylic oxidation sites excluding steroid dienone is 1. The molecule has 0 aromatic heterocycles. The van der Waals surface area contributed by atoms with E-state index in [9.17, 15) is 13.0 Å². The van der Waals surface area contributed by atoms with Crippen molar-refractivity contribution in [2.24, 2.45) is 5.92 Å². The minimum absolute atomic E-state index is 0. The molecule has 0 fully saturated rings. The summed E-state index contributed by atoms with van der Waals surface area (Å²) in [7, 11) is -4.60. The van der Waals surface area contributed by atoms with Crippen LogP contribution in [0.15, 0.2) is 12.2 Å².